The fourth-order valence-electron chi connectivity index (χ4n) is 3.13. The monoisotopic (exact) mass is 420 g/mol. The highest BCUT2D eigenvalue weighted by Crippen LogP contribution is 2.22. The minimum absolute atomic E-state index is 0.0261. The fourth-order valence-corrected chi connectivity index (χ4v) is 3.92. The highest BCUT2D eigenvalue weighted by molar-refractivity contribution is 7.99. The molecule has 1 aliphatic rings. The Kier molecular flexibility index (Phi) is 6.92. The summed E-state index contributed by atoms with van der Waals surface area (Å²) in [6.07, 6.45) is 1.53. The van der Waals surface area contributed by atoms with Crippen molar-refractivity contribution in [1.82, 2.24) is 9.55 Å². The van der Waals surface area contributed by atoms with E-state index in [-0.39, 0.29) is 29.5 Å². The van der Waals surface area contributed by atoms with Gasteiger partial charge in [0.15, 0.2) is 5.16 Å². The number of methoxy groups -OCH3 is 1. The summed E-state index contributed by atoms with van der Waals surface area (Å²) in [4.78, 5) is 41.5. The van der Waals surface area contributed by atoms with Crippen LogP contribution in [0.2, 0.25) is 0 Å². The van der Waals surface area contributed by atoms with Crippen molar-refractivity contribution in [3.05, 3.63) is 34.1 Å². The third kappa shape index (κ3) is 5.16. The Hall–Kier alpha value is -2.39. The quantitative estimate of drug-likeness (QED) is 0.383. The fraction of sp³-hybridized carbons (Fsp3) is 0.500. The lowest BCUT2D eigenvalue weighted by atomic mass is 10.1. The molecule has 1 atom stereocenters. The van der Waals surface area contributed by atoms with Crippen LogP contribution in [0.25, 0.3) is 10.9 Å². The van der Waals surface area contributed by atoms with Gasteiger partial charge in [-0.15, -0.1) is 0 Å². The van der Waals surface area contributed by atoms with Crippen LogP contribution in [-0.4, -0.2) is 53.2 Å². The van der Waals surface area contributed by atoms with Crippen molar-refractivity contribution in [2.75, 3.05) is 19.5 Å². The van der Waals surface area contributed by atoms with Crippen molar-refractivity contribution in [2.45, 2.75) is 50.6 Å². The zero-order valence-corrected chi connectivity index (χ0v) is 17.5. The van der Waals surface area contributed by atoms with E-state index in [1.54, 1.807) is 30.5 Å². The Morgan fingerprint density at radius 1 is 1.38 bits per heavy atom. The van der Waals surface area contributed by atoms with Gasteiger partial charge in [-0.05, 0) is 44.9 Å². The zero-order chi connectivity index (χ0) is 21.0. The van der Waals surface area contributed by atoms with E-state index in [0.717, 1.165) is 24.6 Å². The van der Waals surface area contributed by atoms with Crippen molar-refractivity contribution >= 4 is 34.6 Å². The molecule has 1 aromatic heterocycles. The molecule has 1 aromatic carbocycles. The summed E-state index contributed by atoms with van der Waals surface area (Å²) >= 11 is 1.14. The molecule has 8 nitrogen and oxygen atoms in total. The van der Waals surface area contributed by atoms with Gasteiger partial charge in [0.25, 0.3) is 5.56 Å². The van der Waals surface area contributed by atoms with Crippen LogP contribution in [0.4, 0.5) is 0 Å². The number of rotatable bonds is 7. The molecule has 0 amide bonds. The Morgan fingerprint density at radius 2 is 2.17 bits per heavy atom. The summed E-state index contributed by atoms with van der Waals surface area (Å²) < 4.78 is 17.1. The molecule has 1 aliphatic heterocycles. The molecule has 3 rings (SSSR count). The van der Waals surface area contributed by atoms with Gasteiger partial charge in [-0.25, -0.2) is 9.78 Å². The third-order valence-corrected chi connectivity index (χ3v) is 5.39. The average molecular weight is 420 g/mol. The predicted octanol–water partition coefficient (Wildman–Crippen LogP) is 2.41. The highest BCUT2D eigenvalue weighted by atomic mass is 32.2. The lowest BCUT2D eigenvalue weighted by molar-refractivity contribution is -0.144. The van der Waals surface area contributed by atoms with Gasteiger partial charge in [-0.2, -0.15) is 0 Å². The molecule has 0 saturated carbocycles. The van der Waals surface area contributed by atoms with E-state index < -0.39 is 5.97 Å². The maximum absolute atomic E-state index is 13.1. The molecular weight excluding hydrogens is 396 g/mol. The van der Waals surface area contributed by atoms with Crippen LogP contribution in [0.15, 0.2) is 28.2 Å². The summed E-state index contributed by atoms with van der Waals surface area (Å²) in [7, 11) is 1.29. The third-order valence-electron chi connectivity index (χ3n) is 4.44. The first-order valence-electron chi connectivity index (χ1n) is 9.46. The predicted molar refractivity (Wildman–Crippen MR) is 108 cm³/mol. The maximum atomic E-state index is 13.1. The number of hydrogen-bond acceptors (Lipinski definition) is 8. The SMILES string of the molecule is COC(=O)c1ccc2c(=O)n(C[C@@H]3CCCO3)c(SCC(=O)OC(C)C)nc2c1. The van der Waals surface area contributed by atoms with Crippen molar-refractivity contribution < 1.29 is 23.8 Å². The van der Waals surface area contributed by atoms with E-state index in [9.17, 15) is 14.4 Å². The molecule has 1 fully saturated rings. The van der Waals surface area contributed by atoms with Gasteiger partial charge in [-0.3, -0.25) is 14.2 Å². The number of carbonyl (C=O) groups excluding carboxylic acids is 2. The first-order chi connectivity index (χ1) is 13.9. The van der Waals surface area contributed by atoms with E-state index in [0.29, 0.717) is 34.8 Å². The smallest absolute Gasteiger partial charge is 0.337 e. The van der Waals surface area contributed by atoms with Crippen LogP contribution < -0.4 is 5.56 Å². The number of esters is 2. The second-order valence-corrected chi connectivity index (χ2v) is 7.94. The first-order valence-corrected chi connectivity index (χ1v) is 10.4. The van der Waals surface area contributed by atoms with E-state index >= 15 is 0 Å². The number of aromatic nitrogens is 2. The largest absolute Gasteiger partial charge is 0.465 e. The van der Waals surface area contributed by atoms with Crippen molar-refractivity contribution in [2.24, 2.45) is 0 Å². The van der Waals surface area contributed by atoms with Gasteiger partial charge >= 0.3 is 11.9 Å². The number of ether oxygens (including phenoxy) is 3. The van der Waals surface area contributed by atoms with Gasteiger partial charge in [0.2, 0.25) is 0 Å². The number of carbonyl (C=O) groups is 2. The maximum Gasteiger partial charge on any atom is 0.337 e. The Bertz CT molecular complexity index is 965. The minimum Gasteiger partial charge on any atom is -0.465 e. The van der Waals surface area contributed by atoms with Crippen molar-refractivity contribution in [3.8, 4) is 0 Å². The van der Waals surface area contributed by atoms with Gasteiger partial charge in [0, 0.05) is 6.61 Å². The molecule has 0 aliphatic carbocycles. The molecule has 29 heavy (non-hydrogen) atoms. The Labute approximate surface area is 172 Å². The molecule has 156 valence electrons. The number of fused-ring (bicyclic) bond motifs is 1. The lowest BCUT2D eigenvalue weighted by Crippen LogP contribution is -2.29. The van der Waals surface area contributed by atoms with Crippen LogP contribution in [0.5, 0.6) is 0 Å². The van der Waals surface area contributed by atoms with Gasteiger partial charge in [0.1, 0.15) is 0 Å². The molecule has 0 N–H and O–H groups in total. The number of thioether (sulfide) groups is 1. The number of benzene rings is 1. The number of nitrogens with zero attached hydrogens (tertiary/aromatic N) is 2. The van der Waals surface area contributed by atoms with E-state index in [2.05, 4.69) is 4.98 Å². The summed E-state index contributed by atoms with van der Waals surface area (Å²) in [6.45, 7) is 4.59. The van der Waals surface area contributed by atoms with Gasteiger partial charge in [0.05, 0.1) is 48.1 Å². The summed E-state index contributed by atoms with van der Waals surface area (Å²) in [5, 5.41) is 0.783. The molecule has 2 heterocycles. The zero-order valence-electron chi connectivity index (χ0n) is 16.7. The molecule has 0 bridgehead atoms. The van der Waals surface area contributed by atoms with Crippen LogP contribution in [0.3, 0.4) is 0 Å². The molecule has 0 radical (unpaired) electrons. The Morgan fingerprint density at radius 3 is 2.83 bits per heavy atom. The standard InChI is InChI=1S/C20H24N2O6S/c1-12(2)28-17(23)11-29-20-21-16-9-13(19(25)26-3)6-7-15(16)18(24)22(20)10-14-5-4-8-27-14/h6-7,9,12,14H,4-5,8,10-11H2,1-3H3/t14-/m0/s1. The van der Waals surface area contributed by atoms with Gasteiger partial charge < -0.3 is 14.2 Å². The molecule has 9 heteroatoms. The normalized spacial score (nSPS) is 16.3. The lowest BCUT2D eigenvalue weighted by Gasteiger charge is -2.16. The summed E-state index contributed by atoms with van der Waals surface area (Å²) in [5.41, 5.74) is 0.446. The van der Waals surface area contributed by atoms with Crippen LogP contribution >= 0.6 is 11.8 Å². The number of hydrogen-bond donors (Lipinski definition) is 0. The van der Waals surface area contributed by atoms with Crippen molar-refractivity contribution in [1.29, 1.82) is 0 Å². The van der Waals surface area contributed by atoms with Crippen LogP contribution in [0, 0.1) is 0 Å². The second-order valence-electron chi connectivity index (χ2n) is 7.00. The van der Waals surface area contributed by atoms with Crippen LogP contribution in [0.1, 0.15) is 37.0 Å². The average Bonchev–Trinajstić information content (AvgIpc) is 3.20. The van der Waals surface area contributed by atoms with Crippen molar-refractivity contribution in [3.63, 3.8) is 0 Å². The van der Waals surface area contributed by atoms with Crippen LogP contribution in [-0.2, 0) is 25.5 Å². The molecule has 1 saturated heterocycles. The summed E-state index contributed by atoms with van der Waals surface area (Å²) in [6, 6.07) is 4.64. The molecule has 0 spiro atoms. The van der Waals surface area contributed by atoms with E-state index in [1.807, 2.05) is 0 Å². The second kappa shape index (κ2) is 9.41. The Balaban J connectivity index is 1.99. The molecule has 2 aromatic rings. The van der Waals surface area contributed by atoms with E-state index in [4.69, 9.17) is 14.2 Å². The first kappa shape index (κ1) is 21.3. The summed E-state index contributed by atoms with van der Waals surface area (Å²) in [5.74, 6) is -0.864. The van der Waals surface area contributed by atoms with Gasteiger partial charge in [-0.1, -0.05) is 11.8 Å². The van der Waals surface area contributed by atoms with E-state index in [1.165, 1.54) is 13.2 Å². The highest BCUT2D eigenvalue weighted by Gasteiger charge is 2.21. The molecular formula is C20H24N2O6S. The topological polar surface area (TPSA) is 96.7 Å². The molecule has 0 unspecified atom stereocenters. The minimum atomic E-state index is -0.507.